The summed E-state index contributed by atoms with van der Waals surface area (Å²) in [6.07, 6.45) is -2.72. The van der Waals surface area contributed by atoms with Gasteiger partial charge in [0.25, 0.3) is 6.43 Å². The van der Waals surface area contributed by atoms with Gasteiger partial charge < -0.3 is 19.9 Å². The topological polar surface area (TPSA) is 70.6 Å². The number of hydrogen-bond donors (Lipinski definition) is 1. The zero-order chi connectivity index (χ0) is 29.1. The summed E-state index contributed by atoms with van der Waals surface area (Å²) in [7, 11) is 6.83. The van der Waals surface area contributed by atoms with Gasteiger partial charge in [-0.1, -0.05) is 24.3 Å². The first-order chi connectivity index (χ1) is 19.0. The number of carbonyl (C=O) groups excluding carboxylic acids is 1. The maximum Gasteiger partial charge on any atom is 0.266 e. The van der Waals surface area contributed by atoms with Crippen molar-refractivity contribution in [3.05, 3.63) is 82.4 Å². The Hall–Kier alpha value is -4.05. The van der Waals surface area contributed by atoms with Crippen LogP contribution < -0.4 is 15.0 Å². The summed E-state index contributed by atoms with van der Waals surface area (Å²) in [6.45, 7) is 1.65. The molecule has 40 heavy (non-hydrogen) atoms. The van der Waals surface area contributed by atoms with Crippen molar-refractivity contribution >= 4 is 45.6 Å². The number of aromatic nitrogens is 2. The van der Waals surface area contributed by atoms with Crippen molar-refractivity contribution < 1.29 is 22.7 Å². The lowest BCUT2D eigenvalue weighted by Crippen LogP contribution is -2.23. The van der Waals surface area contributed by atoms with Gasteiger partial charge in [-0.25, -0.2) is 23.1 Å². The minimum absolute atomic E-state index is 0.0160. The Morgan fingerprint density at radius 2 is 1.70 bits per heavy atom. The molecule has 0 radical (unpaired) electrons. The second-order valence-electron chi connectivity index (χ2n) is 9.48. The molecule has 11 heteroatoms. The summed E-state index contributed by atoms with van der Waals surface area (Å²) in [5, 5.41) is 3.70. The molecule has 1 atom stereocenters. The summed E-state index contributed by atoms with van der Waals surface area (Å²) < 4.78 is 46.9. The lowest BCUT2D eigenvalue weighted by atomic mass is 10.0. The normalized spacial score (nSPS) is 11.9. The smallest absolute Gasteiger partial charge is 0.266 e. The maximum absolute atomic E-state index is 14.8. The molecule has 0 unspecified atom stereocenters. The van der Waals surface area contributed by atoms with Crippen LogP contribution >= 0.6 is 11.6 Å². The zero-order valence-electron chi connectivity index (χ0n) is 22.7. The molecule has 1 heterocycles. The number of rotatable bonds is 9. The van der Waals surface area contributed by atoms with E-state index in [4.69, 9.17) is 16.3 Å². The quantitative estimate of drug-likeness (QED) is 0.219. The summed E-state index contributed by atoms with van der Waals surface area (Å²) in [6, 6.07) is 14.3. The van der Waals surface area contributed by atoms with Crippen molar-refractivity contribution in [2.75, 3.05) is 38.5 Å². The van der Waals surface area contributed by atoms with Crippen molar-refractivity contribution in [1.29, 1.82) is 0 Å². The van der Waals surface area contributed by atoms with Crippen LogP contribution in [-0.2, 0) is 11.2 Å². The third-order valence-electron chi connectivity index (χ3n) is 6.65. The number of benzene rings is 3. The van der Waals surface area contributed by atoms with Crippen LogP contribution in [-0.4, -0.2) is 49.0 Å². The third-order valence-corrected chi connectivity index (χ3v) is 6.82. The molecule has 4 aromatic rings. The molecule has 4 rings (SSSR count). The van der Waals surface area contributed by atoms with Gasteiger partial charge in [-0.05, 0) is 42.8 Å². The van der Waals surface area contributed by atoms with Gasteiger partial charge in [0.1, 0.15) is 17.4 Å². The van der Waals surface area contributed by atoms with E-state index in [1.807, 2.05) is 42.3 Å². The largest absolute Gasteiger partial charge is 0.496 e. The van der Waals surface area contributed by atoms with Crippen LogP contribution in [0.25, 0.3) is 10.9 Å². The molecule has 0 saturated heterocycles. The number of alkyl halides is 2. The van der Waals surface area contributed by atoms with E-state index in [2.05, 4.69) is 15.3 Å². The monoisotopic (exact) mass is 571 g/mol. The molecule has 3 aromatic carbocycles. The highest BCUT2D eigenvalue weighted by molar-refractivity contribution is 6.28. The van der Waals surface area contributed by atoms with Crippen LogP contribution in [0.2, 0.25) is 5.28 Å². The van der Waals surface area contributed by atoms with Crippen molar-refractivity contribution in [1.82, 2.24) is 14.9 Å². The Balaban J connectivity index is 1.68. The molecule has 0 fully saturated rings. The van der Waals surface area contributed by atoms with Gasteiger partial charge in [0.2, 0.25) is 11.2 Å². The van der Waals surface area contributed by atoms with E-state index in [0.717, 1.165) is 23.0 Å². The van der Waals surface area contributed by atoms with E-state index in [0.29, 0.717) is 22.5 Å². The number of fused-ring (bicyclic) bond motifs is 1. The van der Waals surface area contributed by atoms with Crippen molar-refractivity contribution in [2.24, 2.45) is 0 Å². The van der Waals surface area contributed by atoms with Crippen LogP contribution in [0.15, 0.2) is 54.6 Å². The van der Waals surface area contributed by atoms with Gasteiger partial charge in [0.15, 0.2) is 0 Å². The first-order valence-corrected chi connectivity index (χ1v) is 12.8. The highest BCUT2D eigenvalue weighted by Gasteiger charge is 2.21. The van der Waals surface area contributed by atoms with Crippen LogP contribution in [0.4, 0.5) is 30.4 Å². The number of carbonyl (C=O) groups is 1. The summed E-state index contributed by atoms with van der Waals surface area (Å²) in [5.74, 6) is -0.0934. The van der Waals surface area contributed by atoms with E-state index in [1.54, 1.807) is 34.2 Å². The van der Waals surface area contributed by atoms with Gasteiger partial charge in [-0.3, -0.25) is 4.79 Å². The third kappa shape index (κ3) is 6.07. The molecule has 0 bridgehead atoms. The predicted molar refractivity (Wildman–Crippen MR) is 151 cm³/mol. The van der Waals surface area contributed by atoms with Crippen molar-refractivity contribution in [3.8, 4) is 5.75 Å². The number of halogens is 4. The van der Waals surface area contributed by atoms with Crippen LogP contribution in [0.1, 0.15) is 36.1 Å². The Morgan fingerprint density at radius 1 is 1.02 bits per heavy atom. The number of ether oxygens (including phenoxy) is 1. The Morgan fingerprint density at radius 3 is 2.38 bits per heavy atom. The molecule has 1 N–H and O–H groups in total. The van der Waals surface area contributed by atoms with E-state index >= 15 is 0 Å². The maximum atomic E-state index is 14.8. The fraction of sp³-hybridized carbons (Fsp3) is 0.276. The zero-order valence-corrected chi connectivity index (χ0v) is 23.4. The minimum Gasteiger partial charge on any atom is -0.496 e. The average Bonchev–Trinajstić information content (AvgIpc) is 2.92. The molecule has 0 aliphatic rings. The van der Waals surface area contributed by atoms with E-state index in [9.17, 15) is 18.0 Å². The SMILES string of the molecule is COc1cc(N(C)c2ccc3nc(Cl)nc(N[C@H](C)c4cccc(C(F)F)c4F)c3c2)ccc1CC(=O)N(C)C. The first-order valence-electron chi connectivity index (χ1n) is 12.4. The predicted octanol–water partition coefficient (Wildman–Crippen LogP) is 6.94. The van der Waals surface area contributed by atoms with Gasteiger partial charge in [-0.2, -0.15) is 0 Å². The average molecular weight is 572 g/mol. The van der Waals surface area contributed by atoms with Gasteiger partial charge in [0, 0.05) is 55.1 Å². The fourth-order valence-electron chi connectivity index (χ4n) is 4.32. The molecule has 1 amide bonds. The van der Waals surface area contributed by atoms with Crippen LogP contribution in [0, 0.1) is 5.82 Å². The highest BCUT2D eigenvalue weighted by Crippen LogP contribution is 2.35. The van der Waals surface area contributed by atoms with Crippen molar-refractivity contribution in [2.45, 2.75) is 25.8 Å². The van der Waals surface area contributed by atoms with Gasteiger partial charge in [0.05, 0.1) is 30.7 Å². The lowest BCUT2D eigenvalue weighted by molar-refractivity contribution is -0.127. The lowest BCUT2D eigenvalue weighted by Gasteiger charge is -2.23. The number of anilines is 3. The minimum atomic E-state index is -2.93. The van der Waals surface area contributed by atoms with Gasteiger partial charge >= 0.3 is 0 Å². The summed E-state index contributed by atoms with van der Waals surface area (Å²) >= 11 is 6.17. The number of likely N-dealkylation sites (N-methyl/N-ethyl adjacent to an activating group) is 1. The first kappa shape index (κ1) is 28.9. The Kier molecular flexibility index (Phi) is 8.68. The van der Waals surface area contributed by atoms with Crippen LogP contribution in [0.5, 0.6) is 5.75 Å². The molecule has 0 saturated carbocycles. The Labute approximate surface area is 235 Å². The molecule has 210 valence electrons. The van der Waals surface area contributed by atoms with E-state index < -0.39 is 23.8 Å². The molecule has 0 aliphatic carbocycles. The molecule has 0 aliphatic heterocycles. The standard InChI is InChI=1S/C29H29ClF3N5O2/c1-16(20-7-6-8-21(26(20)31)27(32)33)34-28-22-14-18(11-12-23(22)35-29(30)36-28)38(4)19-10-9-17(24(15-19)40-5)13-25(39)37(2)3/h6-12,14-16,27H,13H2,1-5H3,(H,34,35,36)/t16-/m1/s1. The molecule has 1 aromatic heterocycles. The van der Waals surface area contributed by atoms with Crippen molar-refractivity contribution in [3.63, 3.8) is 0 Å². The fourth-order valence-corrected chi connectivity index (χ4v) is 4.49. The molecular formula is C29H29ClF3N5O2. The highest BCUT2D eigenvalue weighted by atomic mass is 35.5. The summed E-state index contributed by atoms with van der Waals surface area (Å²) in [5.41, 5.74) is 2.31. The van der Waals surface area contributed by atoms with Crippen LogP contribution in [0.3, 0.4) is 0 Å². The number of nitrogens with zero attached hydrogens (tertiary/aromatic N) is 4. The molecule has 0 spiro atoms. The molecular weight excluding hydrogens is 543 g/mol. The van der Waals surface area contributed by atoms with Gasteiger partial charge in [-0.15, -0.1) is 0 Å². The number of nitrogens with one attached hydrogen (secondary N) is 1. The number of amides is 1. The second kappa shape index (κ2) is 12.0. The second-order valence-corrected chi connectivity index (χ2v) is 9.82. The molecule has 7 nitrogen and oxygen atoms in total. The summed E-state index contributed by atoms with van der Waals surface area (Å²) in [4.78, 5) is 24.3. The number of hydrogen-bond acceptors (Lipinski definition) is 6. The Bertz CT molecular complexity index is 1550. The van der Waals surface area contributed by atoms with E-state index in [-0.39, 0.29) is 23.2 Å². The van der Waals surface area contributed by atoms with E-state index in [1.165, 1.54) is 17.0 Å². The number of methoxy groups -OCH3 is 1.